The van der Waals surface area contributed by atoms with Gasteiger partial charge in [0.2, 0.25) is 11.8 Å². The molecule has 1 fully saturated rings. The number of para-hydroxylation sites is 2. The second-order valence-electron chi connectivity index (χ2n) is 11.0. The summed E-state index contributed by atoms with van der Waals surface area (Å²) in [6.45, 7) is 19.1. The Labute approximate surface area is 239 Å². The van der Waals surface area contributed by atoms with Crippen molar-refractivity contribution in [3.63, 3.8) is 0 Å². The smallest absolute Gasteiger partial charge is 0.227 e. The van der Waals surface area contributed by atoms with Gasteiger partial charge in [-0.1, -0.05) is 53.2 Å². The van der Waals surface area contributed by atoms with E-state index in [1.54, 1.807) is 32.9 Å². The molecule has 1 saturated heterocycles. The molecule has 1 atom stereocenters. The van der Waals surface area contributed by atoms with E-state index in [4.69, 9.17) is 4.42 Å². The molecular weight excluding hydrogens is 505 g/mol. The predicted molar refractivity (Wildman–Crippen MR) is 162 cm³/mol. The number of aromatic nitrogens is 1. The summed E-state index contributed by atoms with van der Waals surface area (Å²) >= 11 is 0. The number of aliphatic imine (C=N–C) groups is 1. The Bertz CT molecular complexity index is 1270. The highest BCUT2D eigenvalue weighted by atomic mass is 19.1. The number of Topliss-reactive ketones (excluding diaryl/α,β-unsaturated/α-hetero) is 1. The zero-order valence-corrected chi connectivity index (χ0v) is 25.7. The first kappa shape index (κ1) is 32.9. The first-order chi connectivity index (χ1) is 18.9. The van der Waals surface area contributed by atoms with Crippen molar-refractivity contribution >= 4 is 28.5 Å². The molecule has 7 heteroatoms. The summed E-state index contributed by atoms with van der Waals surface area (Å²) in [6, 6.07) is 12.1. The van der Waals surface area contributed by atoms with Gasteiger partial charge in [0.15, 0.2) is 11.4 Å². The van der Waals surface area contributed by atoms with Crippen molar-refractivity contribution < 1.29 is 18.4 Å². The molecule has 40 heavy (non-hydrogen) atoms. The zero-order chi connectivity index (χ0) is 30.0. The van der Waals surface area contributed by atoms with Crippen LogP contribution in [0.4, 0.5) is 4.39 Å². The number of likely N-dealkylation sites (tertiary alicyclic amines) is 1. The predicted octanol–water partition coefficient (Wildman–Crippen LogP) is 8.13. The molecule has 218 valence electrons. The summed E-state index contributed by atoms with van der Waals surface area (Å²) in [5, 5.41) is 0. The van der Waals surface area contributed by atoms with E-state index >= 15 is 0 Å². The number of carbonyl (C=O) groups is 2. The van der Waals surface area contributed by atoms with Gasteiger partial charge in [0, 0.05) is 35.8 Å². The molecule has 1 unspecified atom stereocenters. The number of amides is 1. The Morgan fingerprint density at radius 1 is 1.10 bits per heavy atom. The lowest BCUT2D eigenvalue weighted by Gasteiger charge is -2.40. The van der Waals surface area contributed by atoms with E-state index in [1.165, 1.54) is 25.8 Å². The van der Waals surface area contributed by atoms with Gasteiger partial charge in [-0.2, -0.15) is 0 Å². The normalized spacial score (nSPS) is 14.4. The standard InChI is InChI=1S/C20H19FN2O2.C10H19NO.C3H8/c1-12(23-20(3,4)13(2)24)15-10-9-14(11-16(15)21)19-22-17-7-5-6-8-18(17)25-19;1-4-8(3)10(12)11-6-9(5-2)7-11;1-3-2/h5-11H,1-4H3;8-9H,4-7H2,1-3H3;3H2,1-2H3. The van der Waals surface area contributed by atoms with Crippen LogP contribution in [0.5, 0.6) is 0 Å². The molecule has 0 aliphatic carbocycles. The van der Waals surface area contributed by atoms with E-state index in [-0.39, 0.29) is 11.7 Å². The second-order valence-corrected chi connectivity index (χ2v) is 11.0. The average molecular weight is 552 g/mol. The highest BCUT2D eigenvalue weighted by Crippen LogP contribution is 2.26. The number of hydrogen-bond donors (Lipinski definition) is 0. The number of benzene rings is 2. The van der Waals surface area contributed by atoms with Crippen LogP contribution in [-0.2, 0) is 9.59 Å². The molecule has 2 aromatic carbocycles. The number of fused-ring (bicyclic) bond motifs is 1. The monoisotopic (exact) mass is 551 g/mol. The van der Waals surface area contributed by atoms with Crippen LogP contribution in [0.25, 0.3) is 22.6 Å². The quantitative estimate of drug-likeness (QED) is 0.278. The molecule has 0 radical (unpaired) electrons. The van der Waals surface area contributed by atoms with Gasteiger partial charge >= 0.3 is 0 Å². The van der Waals surface area contributed by atoms with Crippen LogP contribution in [-0.4, -0.2) is 45.9 Å². The Morgan fingerprint density at radius 2 is 1.73 bits per heavy atom. The van der Waals surface area contributed by atoms with E-state index in [0.29, 0.717) is 34.2 Å². The number of oxazole rings is 1. The molecule has 1 aromatic heterocycles. The molecular formula is C33H46FN3O3. The Hall–Kier alpha value is -3.35. The molecule has 0 spiro atoms. The molecule has 1 aliphatic heterocycles. The van der Waals surface area contributed by atoms with Gasteiger partial charge in [-0.05, 0) is 76.8 Å². The minimum Gasteiger partial charge on any atom is -0.436 e. The molecule has 0 N–H and O–H groups in total. The third-order valence-corrected chi connectivity index (χ3v) is 7.09. The number of rotatable bonds is 7. The van der Waals surface area contributed by atoms with Crippen LogP contribution in [0, 0.1) is 17.7 Å². The molecule has 0 saturated carbocycles. The molecule has 0 bridgehead atoms. The summed E-state index contributed by atoms with van der Waals surface area (Å²) in [4.78, 5) is 33.9. The van der Waals surface area contributed by atoms with Gasteiger partial charge in [-0.25, -0.2) is 9.37 Å². The Morgan fingerprint density at radius 3 is 2.25 bits per heavy atom. The summed E-state index contributed by atoms with van der Waals surface area (Å²) in [7, 11) is 0. The fraction of sp³-hybridized carbons (Fsp3) is 0.515. The second kappa shape index (κ2) is 14.9. The number of halogens is 1. The van der Waals surface area contributed by atoms with Gasteiger partial charge in [-0.3, -0.25) is 14.6 Å². The fourth-order valence-corrected chi connectivity index (χ4v) is 3.99. The van der Waals surface area contributed by atoms with Crippen LogP contribution >= 0.6 is 0 Å². The van der Waals surface area contributed by atoms with Crippen LogP contribution in [0.2, 0.25) is 0 Å². The van der Waals surface area contributed by atoms with Gasteiger partial charge in [0.05, 0.1) is 0 Å². The van der Waals surface area contributed by atoms with E-state index in [1.807, 2.05) is 36.1 Å². The van der Waals surface area contributed by atoms with Crippen molar-refractivity contribution in [2.24, 2.45) is 16.8 Å². The topological polar surface area (TPSA) is 75.8 Å². The third kappa shape index (κ3) is 8.57. The lowest BCUT2D eigenvalue weighted by Crippen LogP contribution is -2.51. The minimum absolute atomic E-state index is 0.0737. The fourth-order valence-electron chi connectivity index (χ4n) is 3.99. The van der Waals surface area contributed by atoms with Crippen molar-refractivity contribution in [2.45, 2.75) is 87.1 Å². The first-order valence-corrected chi connectivity index (χ1v) is 14.4. The summed E-state index contributed by atoms with van der Waals surface area (Å²) in [6.07, 6.45) is 3.43. The molecule has 1 aliphatic rings. The van der Waals surface area contributed by atoms with Crippen LogP contribution in [0.15, 0.2) is 51.9 Å². The van der Waals surface area contributed by atoms with E-state index < -0.39 is 11.4 Å². The lowest BCUT2D eigenvalue weighted by molar-refractivity contribution is -0.141. The average Bonchev–Trinajstić information content (AvgIpc) is 3.32. The van der Waals surface area contributed by atoms with Crippen LogP contribution in [0.3, 0.4) is 0 Å². The molecule has 4 rings (SSSR count). The maximum atomic E-state index is 14.6. The summed E-state index contributed by atoms with van der Waals surface area (Å²) in [5.41, 5.74) is 1.88. The Kier molecular flexibility index (Phi) is 12.2. The van der Waals surface area contributed by atoms with E-state index in [0.717, 1.165) is 30.9 Å². The van der Waals surface area contributed by atoms with E-state index in [9.17, 15) is 14.0 Å². The summed E-state index contributed by atoms with van der Waals surface area (Å²) in [5.74, 6) is 1.21. The first-order valence-electron chi connectivity index (χ1n) is 14.4. The van der Waals surface area contributed by atoms with Crippen LogP contribution in [0.1, 0.15) is 87.1 Å². The van der Waals surface area contributed by atoms with Crippen molar-refractivity contribution in [2.75, 3.05) is 13.1 Å². The van der Waals surface area contributed by atoms with Gasteiger partial charge in [0.25, 0.3) is 0 Å². The summed E-state index contributed by atoms with van der Waals surface area (Å²) < 4.78 is 20.3. The molecule has 6 nitrogen and oxygen atoms in total. The minimum atomic E-state index is -0.879. The van der Waals surface area contributed by atoms with Crippen molar-refractivity contribution in [1.82, 2.24) is 9.88 Å². The van der Waals surface area contributed by atoms with Crippen molar-refractivity contribution in [3.8, 4) is 11.5 Å². The molecule has 1 amide bonds. The van der Waals surface area contributed by atoms with Gasteiger partial charge in [-0.15, -0.1) is 0 Å². The number of nitrogens with zero attached hydrogens (tertiary/aromatic N) is 3. The largest absolute Gasteiger partial charge is 0.436 e. The SMILES string of the molecule is CC(=O)C(C)(C)N=C(C)c1ccc(-c2nc3ccccc3o2)cc1F.CCC.CCC1CN(C(=O)C(C)CC)C1. The van der Waals surface area contributed by atoms with Crippen LogP contribution < -0.4 is 0 Å². The van der Waals surface area contributed by atoms with Crippen molar-refractivity contribution in [3.05, 3.63) is 53.8 Å². The van der Waals surface area contributed by atoms with E-state index in [2.05, 4.69) is 37.7 Å². The zero-order valence-electron chi connectivity index (χ0n) is 25.7. The third-order valence-electron chi connectivity index (χ3n) is 7.09. The number of hydrogen-bond acceptors (Lipinski definition) is 5. The highest BCUT2D eigenvalue weighted by Gasteiger charge is 2.30. The molecule has 3 aromatic rings. The maximum Gasteiger partial charge on any atom is 0.227 e. The number of carbonyl (C=O) groups excluding carboxylic acids is 2. The van der Waals surface area contributed by atoms with Gasteiger partial charge in [0.1, 0.15) is 16.9 Å². The lowest BCUT2D eigenvalue weighted by atomic mass is 9.95. The number of ketones is 1. The maximum absolute atomic E-state index is 14.6. The highest BCUT2D eigenvalue weighted by molar-refractivity contribution is 6.01. The molecule has 2 heterocycles. The Balaban J connectivity index is 0.000000312. The van der Waals surface area contributed by atoms with Crippen molar-refractivity contribution in [1.29, 1.82) is 0 Å². The van der Waals surface area contributed by atoms with Gasteiger partial charge < -0.3 is 9.32 Å².